The minimum absolute atomic E-state index is 0.854. The van der Waals surface area contributed by atoms with Gasteiger partial charge in [0, 0.05) is 21.5 Å². The van der Waals surface area contributed by atoms with E-state index in [0.717, 1.165) is 39.5 Å². The highest BCUT2D eigenvalue weighted by Gasteiger charge is 2.18. The van der Waals surface area contributed by atoms with Crippen LogP contribution in [0.3, 0.4) is 0 Å². The first kappa shape index (κ1) is 12.8. The van der Waals surface area contributed by atoms with Crippen LogP contribution in [0, 0.1) is 6.92 Å². The van der Waals surface area contributed by atoms with E-state index in [4.69, 9.17) is 8.83 Å². The normalized spacial score (nSPS) is 12.1. The van der Waals surface area contributed by atoms with Crippen LogP contribution in [-0.4, -0.2) is 0 Å². The molecular weight excluding hydrogens is 284 g/mol. The predicted octanol–water partition coefficient (Wildman–Crippen LogP) is 6.36. The summed E-state index contributed by atoms with van der Waals surface area (Å²) in [6.45, 7) is 4.28. The van der Waals surface area contributed by atoms with Gasteiger partial charge >= 0.3 is 0 Å². The lowest BCUT2D eigenvalue weighted by molar-refractivity contribution is 0.633. The lowest BCUT2D eigenvalue weighted by Crippen LogP contribution is -1.82. The molecule has 2 nitrogen and oxygen atoms in total. The van der Waals surface area contributed by atoms with Gasteiger partial charge < -0.3 is 8.83 Å². The van der Waals surface area contributed by atoms with E-state index in [1.54, 1.807) is 0 Å². The minimum Gasteiger partial charge on any atom is -0.452 e. The molecule has 0 amide bonds. The lowest BCUT2D eigenvalue weighted by Gasteiger charge is -2.00. The topological polar surface area (TPSA) is 26.3 Å². The van der Waals surface area contributed by atoms with Crippen LogP contribution in [0.1, 0.15) is 18.1 Å². The van der Waals surface area contributed by atoms with E-state index in [9.17, 15) is 0 Å². The second-order valence-corrected chi connectivity index (χ2v) is 6.17. The van der Waals surface area contributed by atoms with Crippen LogP contribution in [0.5, 0.6) is 0 Å². The van der Waals surface area contributed by atoms with Gasteiger partial charge in [-0.05, 0) is 42.7 Å². The van der Waals surface area contributed by atoms with Crippen molar-refractivity contribution in [1.82, 2.24) is 0 Å². The molecule has 2 heterocycles. The molecule has 0 fully saturated rings. The maximum atomic E-state index is 6.22. The third-order valence-electron chi connectivity index (χ3n) is 4.71. The fraction of sp³-hybridized carbons (Fsp3) is 0.143. The van der Waals surface area contributed by atoms with Gasteiger partial charge in [0.05, 0.1) is 0 Å². The van der Waals surface area contributed by atoms with E-state index in [0.29, 0.717) is 0 Å². The number of furan rings is 2. The Morgan fingerprint density at radius 1 is 0.783 bits per heavy atom. The maximum absolute atomic E-state index is 6.22. The monoisotopic (exact) mass is 300 g/mol. The van der Waals surface area contributed by atoms with E-state index in [1.165, 1.54) is 21.9 Å². The molecule has 0 N–H and O–H groups in total. The van der Waals surface area contributed by atoms with Gasteiger partial charge in [0.2, 0.25) is 0 Å². The van der Waals surface area contributed by atoms with Crippen molar-refractivity contribution in [2.45, 2.75) is 20.3 Å². The Morgan fingerprint density at radius 3 is 2.48 bits per heavy atom. The Kier molecular flexibility index (Phi) is 2.44. The molecule has 112 valence electrons. The second kappa shape index (κ2) is 4.39. The summed E-state index contributed by atoms with van der Waals surface area (Å²) in [5.74, 6) is 0. The number of benzene rings is 3. The van der Waals surface area contributed by atoms with Crippen LogP contribution in [0.15, 0.2) is 57.4 Å². The molecule has 2 heteroatoms. The molecule has 0 aliphatic heterocycles. The number of fused-ring (bicyclic) bond motifs is 7. The molecule has 2 aromatic heterocycles. The Hall–Kier alpha value is -2.74. The van der Waals surface area contributed by atoms with Crippen molar-refractivity contribution in [3.8, 4) is 0 Å². The van der Waals surface area contributed by atoms with Crippen molar-refractivity contribution >= 4 is 43.9 Å². The molecule has 5 aromatic rings. The van der Waals surface area contributed by atoms with E-state index in [2.05, 4.69) is 50.2 Å². The Bertz CT molecular complexity index is 1200. The highest BCUT2D eigenvalue weighted by Crippen LogP contribution is 2.40. The van der Waals surface area contributed by atoms with Gasteiger partial charge in [-0.25, -0.2) is 0 Å². The molecule has 0 saturated heterocycles. The number of hydrogen-bond acceptors (Lipinski definition) is 2. The summed E-state index contributed by atoms with van der Waals surface area (Å²) in [6.07, 6.45) is 0.967. The zero-order chi connectivity index (χ0) is 15.6. The number of rotatable bonds is 1. The Balaban J connectivity index is 2.09. The van der Waals surface area contributed by atoms with Crippen LogP contribution in [-0.2, 0) is 6.42 Å². The first-order valence-corrected chi connectivity index (χ1v) is 8.02. The highest BCUT2D eigenvalue weighted by atomic mass is 16.4. The minimum atomic E-state index is 0.854. The molecular formula is C21H16O2. The van der Waals surface area contributed by atoms with E-state index < -0.39 is 0 Å². The highest BCUT2D eigenvalue weighted by molar-refractivity contribution is 6.20. The third kappa shape index (κ3) is 1.63. The number of hydrogen-bond donors (Lipinski definition) is 0. The van der Waals surface area contributed by atoms with Crippen molar-refractivity contribution in [3.05, 3.63) is 59.7 Å². The average Bonchev–Trinajstić information content (AvgIpc) is 3.11. The summed E-state index contributed by atoms with van der Waals surface area (Å²) < 4.78 is 12.4. The summed E-state index contributed by atoms with van der Waals surface area (Å²) >= 11 is 0. The maximum Gasteiger partial charge on any atom is 0.178 e. The molecule has 0 radical (unpaired) electrons. The van der Waals surface area contributed by atoms with Crippen LogP contribution < -0.4 is 0 Å². The zero-order valence-electron chi connectivity index (χ0n) is 13.1. The fourth-order valence-corrected chi connectivity index (χ4v) is 3.59. The van der Waals surface area contributed by atoms with Gasteiger partial charge in [-0.2, -0.15) is 0 Å². The lowest BCUT2D eigenvalue weighted by atomic mass is 10.0. The molecule has 23 heavy (non-hydrogen) atoms. The average molecular weight is 300 g/mol. The first-order valence-electron chi connectivity index (χ1n) is 8.02. The fourth-order valence-electron chi connectivity index (χ4n) is 3.59. The first-order chi connectivity index (χ1) is 11.3. The molecule has 3 aromatic carbocycles. The van der Waals surface area contributed by atoms with Crippen molar-refractivity contribution in [2.75, 3.05) is 0 Å². The molecule has 0 unspecified atom stereocenters. The summed E-state index contributed by atoms with van der Waals surface area (Å²) in [4.78, 5) is 0. The van der Waals surface area contributed by atoms with Gasteiger partial charge in [0.25, 0.3) is 0 Å². The van der Waals surface area contributed by atoms with Gasteiger partial charge in [-0.15, -0.1) is 0 Å². The molecule has 0 saturated carbocycles. The summed E-state index contributed by atoms with van der Waals surface area (Å²) in [6, 6.07) is 16.8. The summed E-state index contributed by atoms with van der Waals surface area (Å²) in [5, 5.41) is 4.65. The molecule has 5 rings (SSSR count). The second-order valence-electron chi connectivity index (χ2n) is 6.17. The molecule has 0 aliphatic rings. The third-order valence-corrected chi connectivity index (χ3v) is 4.71. The standard InChI is InChI=1S/C21H16O2/c1-3-13-11-16-14-6-4-5-7-17(14)22-20(16)21-19(13)15-9-8-12(2)10-18(15)23-21/h4-11H,3H2,1-2H3. The van der Waals surface area contributed by atoms with Gasteiger partial charge in [0.1, 0.15) is 11.2 Å². The van der Waals surface area contributed by atoms with Gasteiger partial charge in [-0.3, -0.25) is 0 Å². The van der Waals surface area contributed by atoms with Crippen molar-refractivity contribution in [1.29, 1.82) is 0 Å². The van der Waals surface area contributed by atoms with Crippen LogP contribution in [0.4, 0.5) is 0 Å². The van der Waals surface area contributed by atoms with Crippen molar-refractivity contribution in [2.24, 2.45) is 0 Å². The van der Waals surface area contributed by atoms with E-state index in [-0.39, 0.29) is 0 Å². The number of para-hydroxylation sites is 1. The zero-order valence-corrected chi connectivity index (χ0v) is 13.1. The van der Waals surface area contributed by atoms with Crippen molar-refractivity contribution < 1.29 is 8.83 Å². The molecule has 0 spiro atoms. The van der Waals surface area contributed by atoms with Gasteiger partial charge in [0.15, 0.2) is 11.2 Å². The number of aryl methyl sites for hydroxylation is 2. The molecule has 0 bridgehead atoms. The Labute approximate surface area is 133 Å². The Morgan fingerprint density at radius 2 is 1.61 bits per heavy atom. The van der Waals surface area contributed by atoms with Crippen molar-refractivity contribution in [3.63, 3.8) is 0 Å². The van der Waals surface area contributed by atoms with E-state index >= 15 is 0 Å². The van der Waals surface area contributed by atoms with Crippen LogP contribution >= 0.6 is 0 Å². The van der Waals surface area contributed by atoms with Gasteiger partial charge in [-0.1, -0.05) is 37.3 Å². The molecule has 0 aliphatic carbocycles. The summed E-state index contributed by atoms with van der Waals surface area (Å²) in [5.41, 5.74) is 6.08. The predicted molar refractivity (Wildman–Crippen MR) is 95.1 cm³/mol. The van der Waals surface area contributed by atoms with Crippen LogP contribution in [0.25, 0.3) is 43.9 Å². The van der Waals surface area contributed by atoms with Crippen LogP contribution in [0.2, 0.25) is 0 Å². The summed E-state index contributed by atoms with van der Waals surface area (Å²) in [7, 11) is 0. The quantitative estimate of drug-likeness (QED) is 0.360. The molecule has 0 atom stereocenters. The SMILES string of the molecule is CCc1cc2c3ccccc3oc2c2oc3cc(C)ccc3c12. The largest absolute Gasteiger partial charge is 0.452 e. The van der Waals surface area contributed by atoms with E-state index in [1.807, 2.05) is 12.1 Å². The smallest absolute Gasteiger partial charge is 0.178 e.